The average molecular weight is 160 g/mol. The number of esters is 1. The summed E-state index contributed by atoms with van der Waals surface area (Å²) in [6.45, 7) is 0.407. The lowest BCUT2D eigenvalue weighted by molar-refractivity contribution is -0.143. The number of methoxy groups -OCH3 is 2. The van der Waals surface area contributed by atoms with Crippen molar-refractivity contribution in [3.8, 4) is 0 Å². The monoisotopic (exact) mass is 160 g/mol. The van der Waals surface area contributed by atoms with E-state index in [9.17, 15) is 4.79 Å². The summed E-state index contributed by atoms with van der Waals surface area (Å²) < 4.78 is 14.8. The largest absolute Gasteiger partial charge is 0.457 e. The van der Waals surface area contributed by atoms with Gasteiger partial charge in [-0.1, -0.05) is 0 Å². The second-order valence-corrected chi connectivity index (χ2v) is 2.46. The fourth-order valence-corrected chi connectivity index (χ4v) is 1.13. The number of ether oxygens (including phenoxy) is 3. The molecule has 1 aliphatic heterocycles. The lowest BCUT2D eigenvalue weighted by atomic mass is 10.2. The average Bonchev–Trinajstić information content (AvgIpc) is 2.32. The van der Waals surface area contributed by atoms with Gasteiger partial charge in [0.15, 0.2) is 6.10 Å². The van der Waals surface area contributed by atoms with Crippen molar-refractivity contribution in [3.63, 3.8) is 0 Å². The van der Waals surface area contributed by atoms with Gasteiger partial charge in [-0.2, -0.15) is 0 Å². The molecule has 64 valence electrons. The Hall–Kier alpha value is -0.610. The van der Waals surface area contributed by atoms with Gasteiger partial charge in [-0.25, -0.2) is 0 Å². The molecule has 0 saturated carbocycles. The van der Waals surface area contributed by atoms with Gasteiger partial charge in [-0.3, -0.25) is 4.79 Å². The van der Waals surface area contributed by atoms with Crippen LogP contribution in [0.15, 0.2) is 0 Å². The quantitative estimate of drug-likeness (QED) is 0.543. The van der Waals surface area contributed by atoms with Gasteiger partial charge < -0.3 is 14.2 Å². The molecule has 1 rings (SSSR count). The van der Waals surface area contributed by atoms with Gasteiger partial charge in [0.2, 0.25) is 0 Å². The second-order valence-electron chi connectivity index (χ2n) is 2.46. The van der Waals surface area contributed by atoms with E-state index in [0.717, 1.165) is 0 Å². The van der Waals surface area contributed by atoms with Crippen molar-refractivity contribution >= 4 is 5.97 Å². The first-order chi connectivity index (χ1) is 5.27. The second kappa shape index (κ2) is 3.69. The Kier molecular flexibility index (Phi) is 2.84. The summed E-state index contributed by atoms with van der Waals surface area (Å²) in [5.41, 5.74) is 0. The molecule has 0 aromatic carbocycles. The summed E-state index contributed by atoms with van der Waals surface area (Å²) in [6.07, 6.45) is -0.0233. The van der Waals surface area contributed by atoms with Crippen LogP contribution >= 0.6 is 0 Å². The molecule has 2 atom stereocenters. The molecule has 0 spiro atoms. The first kappa shape index (κ1) is 8.49. The van der Waals surface area contributed by atoms with Crippen LogP contribution < -0.4 is 0 Å². The van der Waals surface area contributed by atoms with Crippen LogP contribution in [0.2, 0.25) is 0 Å². The Morgan fingerprint density at radius 3 is 2.91 bits per heavy atom. The summed E-state index contributed by atoms with van der Waals surface area (Å²) in [6, 6.07) is 0. The van der Waals surface area contributed by atoms with Crippen molar-refractivity contribution in [2.45, 2.75) is 18.6 Å². The molecule has 0 aromatic rings. The van der Waals surface area contributed by atoms with Crippen molar-refractivity contribution in [1.82, 2.24) is 0 Å². The molecule has 1 saturated heterocycles. The van der Waals surface area contributed by atoms with Crippen molar-refractivity contribution in [1.29, 1.82) is 0 Å². The van der Waals surface area contributed by atoms with Crippen LogP contribution in [-0.2, 0) is 19.0 Å². The minimum Gasteiger partial charge on any atom is -0.457 e. The summed E-state index contributed by atoms with van der Waals surface area (Å²) in [4.78, 5) is 10.7. The minimum atomic E-state index is -0.225. The zero-order chi connectivity index (χ0) is 8.27. The molecule has 0 bridgehead atoms. The zero-order valence-corrected chi connectivity index (χ0v) is 6.70. The van der Waals surface area contributed by atoms with E-state index in [1.54, 1.807) is 14.2 Å². The summed E-state index contributed by atoms with van der Waals surface area (Å²) in [5, 5.41) is 0. The molecule has 0 radical (unpaired) electrons. The fourth-order valence-electron chi connectivity index (χ4n) is 1.13. The van der Waals surface area contributed by atoms with E-state index in [0.29, 0.717) is 13.0 Å². The number of hydrogen-bond acceptors (Lipinski definition) is 4. The van der Waals surface area contributed by atoms with Gasteiger partial charge in [0.1, 0.15) is 6.10 Å². The Bertz CT molecular complexity index is 145. The summed E-state index contributed by atoms with van der Waals surface area (Å²) >= 11 is 0. The van der Waals surface area contributed by atoms with Crippen LogP contribution in [0.4, 0.5) is 0 Å². The van der Waals surface area contributed by atoms with Crippen LogP contribution in [0.5, 0.6) is 0 Å². The molecular weight excluding hydrogens is 148 g/mol. The third-order valence-electron chi connectivity index (χ3n) is 1.70. The highest BCUT2D eigenvalue weighted by Gasteiger charge is 2.34. The first-order valence-corrected chi connectivity index (χ1v) is 3.49. The topological polar surface area (TPSA) is 44.8 Å². The standard InChI is InChI=1S/C7H12O4/c1-9-4-6-5(10-2)3-7(8)11-6/h5-6H,3-4H2,1-2H3/t5-,6+/m1/s1. The van der Waals surface area contributed by atoms with Gasteiger partial charge in [0.05, 0.1) is 13.0 Å². The van der Waals surface area contributed by atoms with E-state index in [-0.39, 0.29) is 18.2 Å². The number of rotatable bonds is 3. The van der Waals surface area contributed by atoms with Gasteiger partial charge >= 0.3 is 5.97 Å². The number of hydrogen-bond donors (Lipinski definition) is 0. The molecular formula is C7H12O4. The third kappa shape index (κ3) is 1.91. The molecule has 0 unspecified atom stereocenters. The van der Waals surface area contributed by atoms with E-state index >= 15 is 0 Å². The van der Waals surface area contributed by atoms with E-state index < -0.39 is 0 Å². The van der Waals surface area contributed by atoms with Crippen LogP contribution in [0.1, 0.15) is 6.42 Å². The number of carbonyl (C=O) groups is 1. The van der Waals surface area contributed by atoms with E-state index in [4.69, 9.17) is 14.2 Å². The van der Waals surface area contributed by atoms with Crippen molar-refractivity contribution in [2.24, 2.45) is 0 Å². The Morgan fingerprint density at radius 1 is 1.64 bits per heavy atom. The first-order valence-electron chi connectivity index (χ1n) is 3.49. The normalized spacial score (nSPS) is 30.5. The van der Waals surface area contributed by atoms with Crippen molar-refractivity contribution < 1.29 is 19.0 Å². The fraction of sp³-hybridized carbons (Fsp3) is 0.857. The molecule has 4 nitrogen and oxygen atoms in total. The molecule has 0 N–H and O–H groups in total. The van der Waals surface area contributed by atoms with Gasteiger partial charge in [0.25, 0.3) is 0 Å². The molecule has 1 aliphatic rings. The van der Waals surface area contributed by atoms with Crippen LogP contribution in [0.25, 0.3) is 0 Å². The summed E-state index contributed by atoms with van der Waals surface area (Å²) in [5.74, 6) is -0.209. The van der Waals surface area contributed by atoms with Crippen molar-refractivity contribution in [2.75, 3.05) is 20.8 Å². The minimum absolute atomic E-state index is 0.137. The Morgan fingerprint density at radius 2 is 2.36 bits per heavy atom. The predicted molar refractivity (Wildman–Crippen MR) is 37.2 cm³/mol. The molecule has 1 heterocycles. The Labute approximate surface area is 65.4 Å². The molecule has 0 amide bonds. The predicted octanol–water partition coefficient (Wildman–Crippen LogP) is -0.0367. The smallest absolute Gasteiger partial charge is 0.309 e. The number of cyclic esters (lactones) is 1. The van der Waals surface area contributed by atoms with Gasteiger partial charge in [-0.05, 0) is 0 Å². The van der Waals surface area contributed by atoms with Gasteiger partial charge in [0, 0.05) is 14.2 Å². The molecule has 11 heavy (non-hydrogen) atoms. The van der Waals surface area contributed by atoms with Crippen LogP contribution in [0, 0.1) is 0 Å². The third-order valence-corrected chi connectivity index (χ3v) is 1.70. The Balaban J connectivity index is 2.43. The highest BCUT2D eigenvalue weighted by Crippen LogP contribution is 2.17. The van der Waals surface area contributed by atoms with E-state index in [1.807, 2.05) is 0 Å². The van der Waals surface area contributed by atoms with E-state index in [2.05, 4.69) is 0 Å². The highest BCUT2D eigenvalue weighted by molar-refractivity contribution is 5.72. The maximum Gasteiger partial charge on any atom is 0.309 e. The maximum atomic E-state index is 10.7. The molecule has 4 heteroatoms. The summed E-state index contributed by atoms with van der Waals surface area (Å²) in [7, 11) is 3.13. The highest BCUT2D eigenvalue weighted by atomic mass is 16.6. The number of carbonyl (C=O) groups excluding carboxylic acids is 1. The molecule has 0 aromatic heterocycles. The SMILES string of the molecule is COC[C@@H]1OC(=O)C[C@H]1OC. The van der Waals surface area contributed by atoms with E-state index in [1.165, 1.54) is 0 Å². The maximum absolute atomic E-state index is 10.7. The van der Waals surface area contributed by atoms with Crippen molar-refractivity contribution in [3.05, 3.63) is 0 Å². The van der Waals surface area contributed by atoms with Crippen LogP contribution in [-0.4, -0.2) is 39.0 Å². The molecule has 1 fully saturated rings. The molecule has 0 aliphatic carbocycles. The zero-order valence-electron chi connectivity index (χ0n) is 6.70. The van der Waals surface area contributed by atoms with Gasteiger partial charge in [-0.15, -0.1) is 0 Å². The van der Waals surface area contributed by atoms with Crippen LogP contribution in [0.3, 0.4) is 0 Å². The lowest BCUT2D eigenvalue weighted by Crippen LogP contribution is -2.27. The lowest BCUT2D eigenvalue weighted by Gasteiger charge is -2.14.